The second-order valence-electron chi connectivity index (χ2n) is 25.5. The first kappa shape index (κ1) is 56.8. The van der Waals surface area contributed by atoms with Gasteiger partial charge in [-0.3, -0.25) is 0 Å². The molecule has 0 N–H and O–H groups in total. The summed E-state index contributed by atoms with van der Waals surface area (Å²) in [5, 5.41) is 8.75. The van der Waals surface area contributed by atoms with Crippen LogP contribution in [-0.4, -0.2) is 29.1 Å². The zero-order valence-electron chi connectivity index (χ0n) is 53.8. The fourth-order valence-electron chi connectivity index (χ4n) is 15.2. The van der Waals surface area contributed by atoms with Crippen molar-refractivity contribution in [1.29, 1.82) is 0 Å². The van der Waals surface area contributed by atoms with E-state index >= 15 is 0 Å². The highest BCUT2D eigenvalue weighted by Crippen LogP contribution is 2.47. The van der Waals surface area contributed by atoms with Gasteiger partial charge in [0.05, 0.1) is 56.1 Å². The Bertz CT molecular complexity index is 6570. The van der Waals surface area contributed by atoms with Gasteiger partial charge < -0.3 is 18.0 Å². The minimum atomic E-state index is 0.580. The number of aromatic nitrogens is 6. The lowest BCUT2D eigenvalue weighted by molar-refractivity contribution is 0.670. The summed E-state index contributed by atoms with van der Waals surface area (Å²) in [4.78, 5) is 21.1. The van der Waals surface area contributed by atoms with Crippen LogP contribution >= 0.6 is 0 Å². The van der Waals surface area contributed by atoms with Crippen molar-refractivity contribution >= 4 is 87.5 Å². The van der Waals surface area contributed by atoms with Crippen LogP contribution in [0.3, 0.4) is 0 Å². The van der Waals surface area contributed by atoms with Gasteiger partial charge in [-0.25, -0.2) is 19.9 Å². The van der Waals surface area contributed by atoms with E-state index in [9.17, 15) is 0 Å². The number of para-hydroxylation sites is 8. The number of nitrogens with zero attached hydrogens (tertiary/aromatic N) is 6. The van der Waals surface area contributed by atoms with Crippen molar-refractivity contribution in [2.45, 2.75) is 0 Å². The second kappa shape index (κ2) is 23.1. The maximum atomic E-state index is 7.24. The van der Waals surface area contributed by atoms with Gasteiger partial charge in [-0.1, -0.05) is 267 Å². The third kappa shape index (κ3) is 9.23. The largest absolute Gasteiger partial charge is 0.455 e. The number of hydrogen-bond donors (Lipinski definition) is 0. The molecular weight excluding hydrogens is 1220 g/mol. The number of furan rings is 2. The van der Waals surface area contributed by atoms with Crippen LogP contribution in [0, 0.1) is 0 Å². The minimum Gasteiger partial charge on any atom is -0.455 e. The summed E-state index contributed by atoms with van der Waals surface area (Å²) in [7, 11) is 0. The maximum Gasteiger partial charge on any atom is 0.164 e. The van der Waals surface area contributed by atoms with E-state index in [1.54, 1.807) is 0 Å². The van der Waals surface area contributed by atoms with E-state index in [4.69, 9.17) is 28.8 Å². The summed E-state index contributed by atoms with van der Waals surface area (Å²) in [6.45, 7) is 0. The summed E-state index contributed by atoms with van der Waals surface area (Å²) >= 11 is 0. The summed E-state index contributed by atoms with van der Waals surface area (Å²) < 4.78 is 19.2. The van der Waals surface area contributed by atoms with Crippen LogP contribution in [0.5, 0.6) is 0 Å². The molecule has 0 saturated carbocycles. The Balaban J connectivity index is 0.677. The molecule has 0 amide bonds. The molecule has 0 saturated heterocycles. The molecule has 0 spiro atoms. The highest BCUT2D eigenvalue weighted by Gasteiger charge is 2.25. The van der Waals surface area contributed by atoms with Gasteiger partial charge in [-0.2, -0.15) is 0 Å². The van der Waals surface area contributed by atoms with Gasteiger partial charge in [0, 0.05) is 93.3 Å². The number of fused-ring (bicyclic) bond motifs is 12. The molecular formula is C92H56N6O2. The molecule has 20 aromatic rings. The van der Waals surface area contributed by atoms with E-state index < -0.39 is 0 Å². The number of benzene rings is 14. The van der Waals surface area contributed by atoms with Crippen molar-refractivity contribution in [2.24, 2.45) is 0 Å². The number of hydrogen-bond acceptors (Lipinski definition) is 6. The lowest BCUT2D eigenvalue weighted by atomic mass is 9.97. The summed E-state index contributed by atoms with van der Waals surface area (Å²) in [6.07, 6.45) is 0. The molecule has 0 fully saturated rings. The summed E-state index contributed by atoms with van der Waals surface area (Å²) in [5.41, 5.74) is 25.1. The average molecular weight is 1280 g/mol. The SMILES string of the molecule is c1ccc(-c2cc(-c3cccc4c3oc3c(-c5cccc6c5c5ccccc5n6-c5ccccc5-c5ccc(-c6cc(-c7ccccc7)nc(-c7cccc8c7oc7c(-c9ccc%10c(c9)c9ccccc9n%10-c9ccccc9)cccc78)n6)cc5)cccc34)nc(-c3ccccc3)n2)cc1. The fraction of sp³-hybridized carbons (Fsp3) is 0. The predicted molar refractivity (Wildman–Crippen MR) is 410 cm³/mol. The second-order valence-corrected chi connectivity index (χ2v) is 25.5. The van der Waals surface area contributed by atoms with Gasteiger partial charge in [0.2, 0.25) is 0 Å². The van der Waals surface area contributed by atoms with Gasteiger partial charge in [-0.15, -0.1) is 0 Å². The Morgan fingerprint density at radius 2 is 0.620 bits per heavy atom. The first-order chi connectivity index (χ1) is 49.6. The number of rotatable bonds is 11. The van der Waals surface area contributed by atoms with Crippen molar-refractivity contribution in [3.05, 3.63) is 340 Å². The van der Waals surface area contributed by atoms with Gasteiger partial charge in [0.25, 0.3) is 0 Å². The molecule has 0 bridgehead atoms. The molecule has 0 aliphatic carbocycles. The van der Waals surface area contributed by atoms with Crippen molar-refractivity contribution in [2.75, 3.05) is 0 Å². The van der Waals surface area contributed by atoms with Gasteiger partial charge >= 0.3 is 0 Å². The first-order valence-electron chi connectivity index (χ1n) is 33.8. The van der Waals surface area contributed by atoms with E-state index in [1.807, 2.05) is 42.5 Å². The quantitative estimate of drug-likeness (QED) is 0.128. The van der Waals surface area contributed by atoms with Crippen LogP contribution in [0.15, 0.2) is 349 Å². The molecule has 20 rings (SSSR count). The summed E-state index contributed by atoms with van der Waals surface area (Å²) in [6, 6.07) is 120. The fourth-order valence-corrected chi connectivity index (χ4v) is 15.2. The zero-order valence-corrected chi connectivity index (χ0v) is 53.8. The third-order valence-electron chi connectivity index (χ3n) is 19.8. The van der Waals surface area contributed by atoms with Crippen LogP contribution in [0.2, 0.25) is 0 Å². The highest BCUT2D eigenvalue weighted by molar-refractivity contribution is 6.21. The standard InChI is InChI=1S/C92H56N6O2/c1-5-24-58(25-6-1)77-55-78(95-92(94-77)75-43-22-41-72-69-38-19-35-65(87(69)99-90(72)75)62-52-53-84-76(54-62)66-33-14-17-45-82(66)97(84)63-30-11-4-12-31-63)60-50-48-57(49-51-60)64-32-13-16-44-81(64)98-83-46-18-15-34-74(83)86-67(36-23-47-85(86)98)68-37-20-39-70-71-40-21-42-73(89(71)100-88(68)70)80-56-79(59-26-7-2-8-27-59)93-91(96-80)61-28-9-3-10-29-61/h1-56H. The van der Waals surface area contributed by atoms with E-state index in [0.29, 0.717) is 11.6 Å². The molecule has 8 nitrogen and oxygen atoms in total. The van der Waals surface area contributed by atoms with Gasteiger partial charge in [-0.05, 0) is 89.5 Å². The van der Waals surface area contributed by atoms with E-state index in [2.05, 4.69) is 306 Å². The maximum absolute atomic E-state index is 7.24. The molecule has 6 heterocycles. The normalized spacial score (nSPS) is 11.8. The highest BCUT2D eigenvalue weighted by atomic mass is 16.3. The van der Waals surface area contributed by atoms with E-state index in [1.165, 1.54) is 16.3 Å². The van der Waals surface area contributed by atoms with Crippen molar-refractivity contribution in [3.8, 4) is 113 Å². The Morgan fingerprint density at radius 3 is 1.29 bits per heavy atom. The third-order valence-corrected chi connectivity index (χ3v) is 19.8. The lowest BCUT2D eigenvalue weighted by Gasteiger charge is -2.15. The molecule has 0 aliphatic heterocycles. The smallest absolute Gasteiger partial charge is 0.164 e. The Hall–Kier alpha value is -13.6. The lowest BCUT2D eigenvalue weighted by Crippen LogP contribution is -1.98. The van der Waals surface area contributed by atoms with Crippen molar-refractivity contribution < 1.29 is 8.83 Å². The van der Waals surface area contributed by atoms with Crippen LogP contribution < -0.4 is 0 Å². The van der Waals surface area contributed by atoms with Crippen LogP contribution in [0.1, 0.15) is 0 Å². The molecule has 100 heavy (non-hydrogen) atoms. The molecule has 0 unspecified atom stereocenters. The summed E-state index contributed by atoms with van der Waals surface area (Å²) in [5.74, 6) is 1.23. The van der Waals surface area contributed by atoms with Crippen LogP contribution in [-0.2, 0) is 0 Å². The first-order valence-corrected chi connectivity index (χ1v) is 33.8. The monoisotopic (exact) mass is 1280 g/mol. The molecule has 8 heteroatoms. The molecule has 6 aromatic heterocycles. The molecule has 0 radical (unpaired) electrons. The van der Waals surface area contributed by atoms with Crippen molar-refractivity contribution in [1.82, 2.24) is 29.1 Å². The minimum absolute atomic E-state index is 0.580. The average Bonchev–Trinajstić information content (AvgIpc) is 1.57. The molecule has 466 valence electrons. The topological polar surface area (TPSA) is 87.7 Å². The Kier molecular flexibility index (Phi) is 13.1. The van der Waals surface area contributed by atoms with Gasteiger partial charge in [0.1, 0.15) is 22.3 Å². The molecule has 0 aliphatic rings. The van der Waals surface area contributed by atoms with Crippen LogP contribution in [0.4, 0.5) is 0 Å². The molecule has 14 aromatic carbocycles. The van der Waals surface area contributed by atoms with Crippen molar-refractivity contribution in [3.63, 3.8) is 0 Å². The van der Waals surface area contributed by atoms with Crippen LogP contribution in [0.25, 0.3) is 200 Å². The Labute approximate surface area is 574 Å². The van der Waals surface area contributed by atoms with E-state index in [0.717, 1.165) is 172 Å². The molecule has 0 atom stereocenters. The predicted octanol–water partition coefficient (Wildman–Crippen LogP) is 24.3. The van der Waals surface area contributed by atoms with E-state index in [-0.39, 0.29) is 0 Å². The van der Waals surface area contributed by atoms with Gasteiger partial charge in [0.15, 0.2) is 11.6 Å². The Morgan fingerprint density at radius 1 is 0.210 bits per heavy atom. The zero-order chi connectivity index (χ0) is 65.8.